The van der Waals surface area contributed by atoms with Crippen LogP contribution in [0.25, 0.3) is 21.7 Å². The summed E-state index contributed by atoms with van der Waals surface area (Å²) in [6, 6.07) is 22.3. The summed E-state index contributed by atoms with van der Waals surface area (Å²) in [6.07, 6.45) is 2.96. The third-order valence-corrected chi connectivity index (χ3v) is 4.96. The zero-order chi connectivity index (χ0) is 19.3. The van der Waals surface area contributed by atoms with E-state index in [-0.39, 0.29) is 5.91 Å². The summed E-state index contributed by atoms with van der Waals surface area (Å²) in [4.78, 5) is 12.9. The Labute approximate surface area is 164 Å². The van der Waals surface area contributed by atoms with Gasteiger partial charge in [0.05, 0.1) is 12.2 Å². The van der Waals surface area contributed by atoms with Gasteiger partial charge in [0.15, 0.2) is 0 Å². The molecule has 0 saturated heterocycles. The van der Waals surface area contributed by atoms with Crippen molar-refractivity contribution in [2.75, 3.05) is 13.2 Å². The number of aromatic nitrogens is 1. The first-order valence-corrected chi connectivity index (χ1v) is 9.74. The second-order valence-corrected chi connectivity index (χ2v) is 6.77. The van der Waals surface area contributed by atoms with Crippen LogP contribution in [0.2, 0.25) is 0 Å². The summed E-state index contributed by atoms with van der Waals surface area (Å²) < 4.78 is 7.94. The molecule has 1 N–H and O–H groups in total. The molecule has 0 radical (unpaired) electrons. The van der Waals surface area contributed by atoms with Crippen LogP contribution in [0.5, 0.6) is 5.75 Å². The predicted molar refractivity (Wildman–Crippen MR) is 114 cm³/mol. The molecule has 0 spiro atoms. The van der Waals surface area contributed by atoms with Gasteiger partial charge in [-0.15, -0.1) is 0 Å². The van der Waals surface area contributed by atoms with Crippen molar-refractivity contribution < 1.29 is 9.53 Å². The van der Waals surface area contributed by atoms with Gasteiger partial charge in [0.2, 0.25) is 0 Å². The normalized spacial score (nSPS) is 11.0. The Bertz CT molecular complexity index is 1110. The van der Waals surface area contributed by atoms with Crippen molar-refractivity contribution in [2.24, 2.45) is 0 Å². The number of ether oxygens (including phenoxy) is 1. The minimum Gasteiger partial charge on any atom is -0.493 e. The van der Waals surface area contributed by atoms with Crippen LogP contribution in [0.3, 0.4) is 0 Å². The molecule has 0 saturated carbocycles. The number of nitrogens with one attached hydrogen (secondary N) is 1. The highest BCUT2D eigenvalue weighted by molar-refractivity contribution is 6.09. The maximum atomic E-state index is 12.9. The van der Waals surface area contributed by atoms with E-state index in [1.807, 2.05) is 49.4 Å². The summed E-state index contributed by atoms with van der Waals surface area (Å²) in [5, 5.41) is 6.26. The first-order chi connectivity index (χ1) is 13.8. The molecule has 142 valence electrons. The Morgan fingerprint density at radius 1 is 0.964 bits per heavy atom. The first-order valence-electron chi connectivity index (χ1n) is 9.74. The lowest BCUT2D eigenvalue weighted by molar-refractivity contribution is 0.0951. The lowest BCUT2D eigenvalue weighted by Gasteiger charge is -2.14. The zero-order valence-electron chi connectivity index (χ0n) is 16.0. The van der Waals surface area contributed by atoms with Gasteiger partial charge in [0.1, 0.15) is 5.75 Å². The number of para-hydroxylation sites is 1. The molecule has 0 aliphatic rings. The van der Waals surface area contributed by atoms with E-state index in [2.05, 4.69) is 40.3 Å². The molecule has 0 fully saturated rings. The molecule has 4 aromatic rings. The fourth-order valence-electron chi connectivity index (χ4n) is 3.64. The van der Waals surface area contributed by atoms with Crippen LogP contribution in [0.1, 0.15) is 23.7 Å². The second kappa shape index (κ2) is 8.17. The van der Waals surface area contributed by atoms with Crippen LogP contribution in [0.15, 0.2) is 72.9 Å². The molecule has 0 aliphatic carbocycles. The topological polar surface area (TPSA) is 43.3 Å². The molecule has 1 aromatic heterocycles. The van der Waals surface area contributed by atoms with Gasteiger partial charge < -0.3 is 14.6 Å². The third-order valence-electron chi connectivity index (χ3n) is 4.96. The van der Waals surface area contributed by atoms with Gasteiger partial charge in [-0.05, 0) is 47.7 Å². The molecule has 3 aromatic carbocycles. The van der Waals surface area contributed by atoms with Crippen LogP contribution < -0.4 is 10.1 Å². The molecule has 0 aliphatic heterocycles. The lowest BCUT2D eigenvalue weighted by atomic mass is 10.0. The van der Waals surface area contributed by atoms with E-state index in [0.29, 0.717) is 24.5 Å². The van der Waals surface area contributed by atoms with E-state index in [4.69, 9.17) is 4.74 Å². The molecule has 0 unspecified atom stereocenters. The van der Waals surface area contributed by atoms with Crippen LogP contribution >= 0.6 is 0 Å². The number of hydrogen-bond acceptors (Lipinski definition) is 2. The highest BCUT2D eigenvalue weighted by Gasteiger charge is 2.16. The van der Waals surface area contributed by atoms with Crippen molar-refractivity contribution in [3.8, 4) is 5.75 Å². The molecule has 4 nitrogen and oxygen atoms in total. The number of rotatable bonds is 7. The van der Waals surface area contributed by atoms with E-state index in [1.165, 1.54) is 10.9 Å². The molecular weight excluding hydrogens is 348 g/mol. The van der Waals surface area contributed by atoms with Gasteiger partial charge in [-0.2, -0.15) is 0 Å². The van der Waals surface area contributed by atoms with Crippen molar-refractivity contribution in [3.63, 3.8) is 0 Å². The smallest absolute Gasteiger partial charge is 0.255 e. The van der Waals surface area contributed by atoms with Gasteiger partial charge in [0.25, 0.3) is 5.91 Å². The number of amides is 1. The summed E-state index contributed by atoms with van der Waals surface area (Å²) in [5.74, 6) is 0.549. The molecule has 0 atom stereocenters. The summed E-state index contributed by atoms with van der Waals surface area (Å²) in [5.41, 5.74) is 1.84. The van der Waals surface area contributed by atoms with Crippen molar-refractivity contribution >= 4 is 27.6 Å². The molecular formula is C24H24N2O2. The molecule has 4 rings (SSSR count). The number of hydrogen-bond donors (Lipinski definition) is 1. The Morgan fingerprint density at radius 3 is 2.61 bits per heavy atom. The van der Waals surface area contributed by atoms with Gasteiger partial charge >= 0.3 is 0 Å². The number of carbonyl (C=O) groups is 1. The van der Waals surface area contributed by atoms with Crippen molar-refractivity contribution in [1.29, 1.82) is 0 Å². The second-order valence-electron chi connectivity index (χ2n) is 6.77. The van der Waals surface area contributed by atoms with E-state index < -0.39 is 0 Å². The summed E-state index contributed by atoms with van der Waals surface area (Å²) in [6.45, 7) is 3.93. The minimum atomic E-state index is -0.0855. The van der Waals surface area contributed by atoms with E-state index in [0.717, 1.165) is 23.7 Å². The first kappa shape index (κ1) is 18.1. The Kier molecular flexibility index (Phi) is 5.29. The minimum absolute atomic E-state index is 0.0855. The van der Waals surface area contributed by atoms with E-state index >= 15 is 0 Å². The molecule has 1 amide bonds. The number of nitrogens with zero attached hydrogens (tertiary/aromatic N) is 1. The maximum Gasteiger partial charge on any atom is 0.255 e. The van der Waals surface area contributed by atoms with Crippen molar-refractivity contribution in [1.82, 2.24) is 9.88 Å². The van der Waals surface area contributed by atoms with E-state index in [1.54, 1.807) is 0 Å². The van der Waals surface area contributed by atoms with Crippen LogP contribution in [-0.2, 0) is 6.54 Å². The maximum absolute atomic E-state index is 12.9. The predicted octanol–water partition coefficient (Wildman–Crippen LogP) is 5.01. The lowest BCUT2D eigenvalue weighted by Crippen LogP contribution is -2.26. The quantitative estimate of drug-likeness (QED) is 0.463. The molecule has 4 heteroatoms. The van der Waals surface area contributed by atoms with Crippen molar-refractivity contribution in [2.45, 2.75) is 19.9 Å². The largest absolute Gasteiger partial charge is 0.493 e. The monoisotopic (exact) mass is 372 g/mol. The SMILES string of the molecule is CCOc1ccc2ccccc2c1C(=O)NCCCn1ccc2ccccc21. The van der Waals surface area contributed by atoms with Crippen molar-refractivity contribution in [3.05, 3.63) is 78.5 Å². The number of benzene rings is 3. The number of aryl methyl sites for hydroxylation is 1. The fraction of sp³-hybridized carbons (Fsp3) is 0.208. The standard InChI is InChI=1S/C24H24N2O2/c1-2-28-22-13-12-18-8-3-5-10-20(18)23(22)24(27)25-15-7-16-26-17-14-19-9-4-6-11-21(19)26/h3-6,8-14,17H,2,7,15-16H2,1H3,(H,25,27). The van der Waals surface area contributed by atoms with Gasteiger partial charge in [-0.25, -0.2) is 0 Å². The average Bonchev–Trinajstić information content (AvgIpc) is 3.14. The third kappa shape index (κ3) is 3.58. The average molecular weight is 372 g/mol. The Morgan fingerprint density at radius 2 is 1.75 bits per heavy atom. The molecule has 28 heavy (non-hydrogen) atoms. The fourth-order valence-corrected chi connectivity index (χ4v) is 3.64. The highest BCUT2D eigenvalue weighted by atomic mass is 16.5. The molecule has 1 heterocycles. The van der Waals surface area contributed by atoms with Crippen LogP contribution in [-0.4, -0.2) is 23.6 Å². The van der Waals surface area contributed by atoms with E-state index in [9.17, 15) is 4.79 Å². The number of fused-ring (bicyclic) bond motifs is 2. The Balaban J connectivity index is 1.46. The zero-order valence-corrected chi connectivity index (χ0v) is 16.0. The van der Waals surface area contributed by atoms with Crippen LogP contribution in [0, 0.1) is 0 Å². The highest BCUT2D eigenvalue weighted by Crippen LogP contribution is 2.28. The Hall–Kier alpha value is -3.27. The van der Waals surface area contributed by atoms with Gasteiger partial charge in [0, 0.05) is 24.8 Å². The summed E-state index contributed by atoms with van der Waals surface area (Å²) in [7, 11) is 0. The van der Waals surface area contributed by atoms with Crippen LogP contribution in [0.4, 0.5) is 0 Å². The van der Waals surface area contributed by atoms with Gasteiger partial charge in [-0.1, -0.05) is 48.5 Å². The summed E-state index contributed by atoms with van der Waals surface area (Å²) >= 11 is 0. The molecule has 0 bridgehead atoms. The van der Waals surface area contributed by atoms with Gasteiger partial charge in [-0.3, -0.25) is 4.79 Å². The number of carbonyl (C=O) groups excluding carboxylic acids is 1.